The van der Waals surface area contributed by atoms with E-state index in [1.807, 2.05) is 18.2 Å². The van der Waals surface area contributed by atoms with Gasteiger partial charge in [0.05, 0.1) is 0 Å². The van der Waals surface area contributed by atoms with Crippen LogP contribution in [-0.4, -0.2) is 21.8 Å². The summed E-state index contributed by atoms with van der Waals surface area (Å²) in [5.74, 6) is 1.25. The van der Waals surface area contributed by atoms with Crippen LogP contribution in [0, 0.1) is 13.8 Å². The highest BCUT2D eigenvalue weighted by Gasteiger charge is 2.50. The first-order valence-corrected chi connectivity index (χ1v) is 7.94. The standard InChI is InChI=1S/C18H17N3O4/c1-10-8-12(11(2)24-10)18(3)16(22)21(17(23)20-18)9-15-19-13-6-4-5-7-14(13)25-15/h4-8H,9H2,1-3H3,(H,20,23). The average molecular weight is 339 g/mol. The van der Waals surface area contributed by atoms with Crippen LogP contribution in [0.4, 0.5) is 4.79 Å². The number of carbonyl (C=O) groups is 2. The van der Waals surface area contributed by atoms with Crippen LogP contribution < -0.4 is 5.32 Å². The lowest BCUT2D eigenvalue weighted by atomic mass is 9.92. The average Bonchev–Trinajstić information content (AvgIpc) is 3.19. The van der Waals surface area contributed by atoms with Gasteiger partial charge in [0.2, 0.25) is 5.89 Å². The summed E-state index contributed by atoms with van der Waals surface area (Å²) in [7, 11) is 0. The molecule has 0 aliphatic carbocycles. The first-order chi connectivity index (χ1) is 11.9. The van der Waals surface area contributed by atoms with Crippen molar-refractivity contribution >= 4 is 23.0 Å². The number of nitrogens with zero attached hydrogens (tertiary/aromatic N) is 2. The van der Waals surface area contributed by atoms with Gasteiger partial charge in [-0.1, -0.05) is 12.1 Å². The number of rotatable bonds is 3. The van der Waals surface area contributed by atoms with Crippen molar-refractivity contribution in [1.29, 1.82) is 0 Å². The maximum Gasteiger partial charge on any atom is 0.325 e. The molecule has 0 radical (unpaired) electrons. The minimum absolute atomic E-state index is 0.0230. The van der Waals surface area contributed by atoms with Crippen molar-refractivity contribution in [3.8, 4) is 0 Å². The van der Waals surface area contributed by atoms with E-state index in [-0.39, 0.29) is 12.5 Å². The Kier molecular flexibility index (Phi) is 3.21. The van der Waals surface area contributed by atoms with Crippen molar-refractivity contribution in [2.75, 3.05) is 0 Å². The summed E-state index contributed by atoms with van der Waals surface area (Å²) in [5, 5.41) is 2.76. The van der Waals surface area contributed by atoms with Gasteiger partial charge in [0, 0.05) is 5.56 Å². The number of fused-ring (bicyclic) bond motifs is 1. The van der Waals surface area contributed by atoms with Crippen LogP contribution in [0.2, 0.25) is 0 Å². The van der Waals surface area contributed by atoms with Crippen LogP contribution in [-0.2, 0) is 16.9 Å². The summed E-state index contributed by atoms with van der Waals surface area (Å²) < 4.78 is 11.1. The maximum atomic E-state index is 13.0. The van der Waals surface area contributed by atoms with E-state index < -0.39 is 11.6 Å². The molecule has 128 valence electrons. The minimum atomic E-state index is -1.16. The fraction of sp³-hybridized carbons (Fsp3) is 0.278. The molecule has 1 saturated heterocycles. The molecular formula is C18H17N3O4. The second kappa shape index (κ2) is 5.20. The molecule has 7 heteroatoms. The topological polar surface area (TPSA) is 88.6 Å². The maximum absolute atomic E-state index is 13.0. The normalized spacial score (nSPS) is 20.5. The number of benzene rings is 1. The molecule has 0 saturated carbocycles. The van der Waals surface area contributed by atoms with E-state index in [1.165, 1.54) is 0 Å². The molecule has 4 rings (SSSR count). The molecule has 1 aromatic carbocycles. The van der Waals surface area contributed by atoms with Crippen molar-refractivity contribution in [1.82, 2.24) is 15.2 Å². The quantitative estimate of drug-likeness (QED) is 0.741. The van der Waals surface area contributed by atoms with E-state index in [9.17, 15) is 9.59 Å². The van der Waals surface area contributed by atoms with E-state index in [4.69, 9.17) is 8.83 Å². The van der Waals surface area contributed by atoms with E-state index in [0.29, 0.717) is 34.1 Å². The molecular weight excluding hydrogens is 322 g/mol. The predicted octanol–water partition coefficient (Wildman–Crippen LogP) is 3.00. The van der Waals surface area contributed by atoms with Crippen LogP contribution in [0.25, 0.3) is 11.1 Å². The van der Waals surface area contributed by atoms with Gasteiger partial charge in [0.25, 0.3) is 5.91 Å². The predicted molar refractivity (Wildman–Crippen MR) is 88.6 cm³/mol. The van der Waals surface area contributed by atoms with Gasteiger partial charge in [-0.15, -0.1) is 0 Å². The Bertz CT molecular complexity index is 970. The molecule has 1 N–H and O–H groups in total. The fourth-order valence-electron chi connectivity index (χ4n) is 3.27. The molecule has 1 aliphatic heterocycles. The molecule has 3 heterocycles. The highest BCUT2D eigenvalue weighted by Crippen LogP contribution is 2.33. The Morgan fingerprint density at radius 2 is 1.96 bits per heavy atom. The molecule has 0 spiro atoms. The Morgan fingerprint density at radius 3 is 2.64 bits per heavy atom. The Morgan fingerprint density at radius 1 is 1.20 bits per heavy atom. The lowest BCUT2D eigenvalue weighted by Gasteiger charge is -2.20. The zero-order valence-corrected chi connectivity index (χ0v) is 14.1. The highest BCUT2D eigenvalue weighted by atomic mass is 16.4. The number of carbonyl (C=O) groups excluding carboxylic acids is 2. The summed E-state index contributed by atoms with van der Waals surface area (Å²) in [6.45, 7) is 5.23. The number of hydrogen-bond acceptors (Lipinski definition) is 5. The van der Waals surface area contributed by atoms with Gasteiger partial charge < -0.3 is 14.2 Å². The van der Waals surface area contributed by atoms with Gasteiger partial charge in [0.1, 0.15) is 29.1 Å². The van der Waals surface area contributed by atoms with Gasteiger partial charge in [-0.05, 0) is 39.0 Å². The first kappa shape index (κ1) is 15.4. The smallest absolute Gasteiger partial charge is 0.325 e. The number of hydrogen-bond donors (Lipinski definition) is 1. The van der Waals surface area contributed by atoms with Crippen molar-refractivity contribution in [3.63, 3.8) is 0 Å². The number of amides is 3. The van der Waals surface area contributed by atoms with Crippen LogP contribution >= 0.6 is 0 Å². The van der Waals surface area contributed by atoms with Crippen molar-refractivity contribution < 1.29 is 18.4 Å². The zero-order chi connectivity index (χ0) is 17.8. The molecule has 7 nitrogen and oxygen atoms in total. The number of urea groups is 1. The summed E-state index contributed by atoms with van der Waals surface area (Å²) >= 11 is 0. The fourth-order valence-corrected chi connectivity index (χ4v) is 3.27. The van der Waals surface area contributed by atoms with Crippen molar-refractivity contribution in [3.05, 3.63) is 53.3 Å². The monoisotopic (exact) mass is 339 g/mol. The highest BCUT2D eigenvalue weighted by molar-refractivity contribution is 6.07. The van der Waals surface area contributed by atoms with Crippen LogP contribution in [0.3, 0.4) is 0 Å². The summed E-state index contributed by atoms with van der Waals surface area (Å²) in [4.78, 5) is 30.8. The summed E-state index contributed by atoms with van der Waals surface area (Å²) in [5.41, 5.74) is 0.802. The number of nitrogens with one attached hydrogen (secondary N) is 1. The van der Waals surface area contributed by atoms with Gasteiger partial charge in [0.15, 0.2) is 5.58 Å². The van der Waals surface area contributed by atoms with Crippen LogP contribution in [0.5, 0.6) is 0 Å². The second-order valence-electron chi connectivity index (χ2n) is 6.35. The lowest BCUT2D eigenvalue weighted by Crippen LogP contribution is -2.41. The van der Waals surface area contributed by atoms with Gasteiger partial charge >= 0.3 is 6.03 Å². The van der Waals surface area contributed by atoms with E-state index >= 15 is 0 Å². The van der Waals surface area contributed by atoms with E-state index in [2.05, 4.69) is 10.3 Å². The third-order valence-electron chi connectivity index (χ3n) is 4.49. The number of imide groups is 1. The largest absolute Gasteiger partial charge is 0.466 e. The number of oxazole rings is 1. The SMILES string of the molecule is Cc1cc(C2(C)NC(=O)N(Cc3nc4ccccc4o3)C2=O)c(C)o1. The Balaban J connectivity index is 1.66. The molecule has 3 aromatic rings. The summed E-state index contributed by atoms with van der Waals surface area (Å²) in [6, 6.07) is 8.59. The van der Waals surface area contributed by atoms with Gasteiger partial charge in [-0.25, -0.2) is 9.78 Å². The Labute approximate surface area is 143 Å². The second-order valence-corrected chi connectivity index (χ2v) is 6.35. The zero-order valence-electron chi connectivity index (χ0n) is 14.1. The molecule has 0 bridgehead atoms. The third-order valence-corrected chi connectivity index (χ3v) is 4.49. The number of aromatic nitrogens is 1. The van der Waals surface area contributed by atoms with Gasteiger partial charge in [-0.3, -0.25) is 9.69 Å². The first-order valence-electron chi connectivity index (χ1n) is 7.94. The van der Waals surface area contributed by atoms with Crippen LogP contribution in [0.15, 0.2) is 39.2 Å². The molecule has 3 amide bonds. The molecule has 25 heavy (non-hydrogen) atoms. The van der Waals surface area contributed by atoms with Gasteiger partial charge in [-0.2, -0.15) is 0 Å². The molecule has 1 aliphatic rings. The lowest BCUT2D eigenvalue weighted by molar-refractivity contribution is -0.131. The van der Waals surface area contributed by atoms with Crippen molar-refractivity contribution in [2.24, 2.45) is 0 Å². The number of para-hydroxylation sites is 2. The van der Waals surface area contributed by atoms with Crippen molar-refractivity contribution in [2.45, 2.75) is 32.9 Å². The molecule has 2 aromatic heterocycles. The number of aryl methyl sites for hydroxylation is 2. The van der Waals surface area contributed by atoms with Crippen LogP contribution in [0.1, 0.15) is 29.9 Å². The minimum Gasteiger partial charge on any atom is -0.466 e. The van der Waals surface area contributed by atoms with E-state index in [0.717, 1.165) is 4.90 Å². The Hall–Kier alpha value is -3.09. The molecule has 1 fully saturated rings. The third kappa shape index (κ3) is 2.31. The molecule has 1 atom stereocenters. The summed E-state index contributed by atoms with van der Waals surface area (Å²) in [6.07, 6.45) is 0. The molecule has 1 unspecified atom stereocenters. The number of furan rings is 1. The van der Waals surface area contributed by atoms with E-state index in [1.54, 1.807) is 32.9 Å².